The molecule has 0 aromatic heterocycles. The Balaban J connectivity index is 2.71. The maximum absolute atomic E-state index is 5.38. The molecule has 0 N–H and O–H groups in total. The van der Waals surface area contributed by atoms with Crippen LogP contribution in [0.1, 0.15) is 13.8 Å². The first-order chi connectivity index (χ1) is 5.18. The molecule has 1 aromatic rings. The van der Waals surface area contributed by atoms with Gasteiger partial charge in [0.25, 0.3) is 0 Å². The third-order valence-corrected chi connectivity index (χ3v) is 1.61. The van der Waals surface area contributed by atoms with Gasteiger partial charge in [-0.3, -0.25) is 0 Å². The molecule has 0 saturated heterocycles. The molecular formula is C9H10BrO. The van der Waals surface area contributed by atoms with E-state index in [-0.39, 0.29) is 0 Å². The number of halogens is 1. The van der Waals surface area contributed by atoms with Crippen molar-refractivity contribution in [2.45, 2.75) is 13.8 Å². The summed E-state index contributed by atoms with van der Waals surface area (Å²) in [6.45, 7) is 3.86. The van der Waals surface area contributed by atoms with Crippen LogP contribution in [-0.2, 0) is 0 Å². The summed E-state index contributed by atoms with van der Waals surface area (Å²) in [5.74, 6) is 0.874. The van der Waals surface area contributed by atoms with Crippen molar-refractivity contribution in [3.8, 4) is 5.75 Å². The maximum atomic E-state index is 5.38. The molecule has 0 aliphatic heterocycles. The van der Waals surface area contributed by atoms with Gasteiger partial charge >= 0.3 is 0 Å². The van der Waals surface area contributed by atoms with Gasteiger partial charge in [-0.2, -0.15) is 0 Å². The first kappa shape index (κ1) is 8.60. The van der Waals surface area contributed by atoms with Crippen molar-refractivity contribution in [3.63, 3.8) is 0 Å². The summed E-state index contributed by atoms with van der Waals surface area (Å²) in [5, 5.41) is 0. The Morgan fingerprint density at radius 2 is 2.09 bits per heavy atom. The van der Waals surface area contributed by atoms with E-state index in [0.717, 1.165) is 16.3 Å². The smallest absolute Gasteiger partial charge is 0.142 e. The van der Waals surface area contributed by atoms with Crippen LogP contribution in [0.25, 0.3) is 0 Å². The lowest BCUT2D eigenvalue weighted by molar-refractivity contribution is 0.345. The van der Waals surface area contributed by atoms with Crippen LogP contribution in [0.15, 0.2) is 28.7 Å². The van der Waals surface area contributed by atoms with Gasteiger partial charge in [-0.1, -0.05) is 22.0 Å². The molecule has 0 aliphatic rings. The van der Waals surface area contributed by atoms with Crippen LogP contribution in [-0.4, -0.2) is 0 Å². The van der Waals surface area contributed by atoms with Crippen molar-refractivity contribution < 1.29 is 4.74 Å². The topological polar surface area (TPSA) is 9.23 Å². The molecule has 1 radical (unpaired) electrons. The van der Waals surface area contributed by atoms with Crippen molar-refractivity contribution >= 4 is 15.9 Å². The minimum Gasteiger partial charge on any atom is -0.484 e. The van der Waals surface area contributed by atoms with Crippen LogP contribution in [0, 0.1) is 6.10 Å². The summed E-state index contributed by atoms with van der Waals surface area (Å²) in [6, 6.07) is 7.78. The summed E-state index contributed by atoms with van der Waals surface area (Å²) < 4.78 is 6.42. The largest absolute Gasteiger partial charge is 0.484 e. The minimum absolute atomic E-state index is 0.874. The van der Waals surface area contributed by atoms with Gasteiger partial charge in [-0.05, 0) is 32.0 Å². The summed E-state index contributed by atoms with van der Waals surface area (Å²) in [7, 11) is 0. The second-order valence-electron chi connectivity index (χ2n) is 2.47. The van der Waals surface area contributed by atoms with Gasteiger partial charge in [0.05, 0.1) is 0 Å². The SMILES string of the molecule is C[C](C)Oc1cccc(Br)c1. The van der Waals surface area contributed by atoms with Gasteiger partial charge in [0.1, 0.15) is 11.9 Å². The average molecular weight is 214 g/mol. The van der Waals surface area contributed by atoms with E-state index in [1.54, 1.807) is 0 Å². The predicted octanol–water partition coefficient (Wildman–Crippen LogP) is 3.40. The lowest BCUT2D eigenvalue weighted by Crippen LogP contribution is -1.95. The van der Waals surface area contributed by atoms with Crippen molar-refractivity contribution in [1.82, 2.24) is 0 Å². The molecule has 1 nitrogen and oxygen atoms in total. The van der Waals surface area contributed by atoms with Crippen LogP contribution in [0.2, 0.25) is 0 Å². The van der Waals surface area contributed by atoms with Crippen LogP contribution in [0.5, 0.6) is 5.75 Å². The molecule has 0 bridgehead atoms. The lowest BCUT2D eigenvalue weighted by atomic mass is 10.3. The number of rotatable bonds is 2. The summed E-state index contributed by atoms with van der Waals surface area (Å²) >= 11 is 3.36. The number of hydrogen-bond donors (Lipinski definition) is 0. The highest BCUT2D eigenvalue weighted by atomic mass is 79.9. The van der Waals surface area contributed by atoms with E-state index < -0.39 is 0 Å². The predicted molar refractivity (Wildman–Crippen MR) is 49.4 cm³/mol. The molecule has 2 heteroatoms. The minimum atomic E-state index is 0.874. The highest BCUT2D eigenvalue weighted by Crippen LogP contribution is 2.19. The molecule has 0 saturated carbocycles. The van der Waals surface area contributed by atoms with E-state index in [0.29, 0.717) is 0 Å². The fourth-order valence-electron chi connectivity index (χ4n) is 0.766. The second-order valence-corrected chi connectivity index (χ2v) is 3.38. The fraction of sp³-hybridized carbons (Fsp3) is 0.222. The normalized spacial score (nSPS) is 10.2. The standard InChI is InChI=1S/C9H10BrO/c1-7(2)11-9-5-3-4-8(10)6-9/h3-6H,1-2H3. The van der Waals surface area contributed by atoms with Crippen molar-refractivity contribution in [2.24, 2.45) is 0 Å². The number of benzene rings is 1. The summed E-state index contributed by atoms with van der Waals surface area (Å²) in [6.07, 6.45) is 0.947. The first-order valence-electron chi connectivity index (χ1n) is 3.42. The van der Waals surface area contributed by atoms with Crippen molar-refractivity contribution in [2.75, 3.05) is 0 Å². The van der Waals surface area contributed by atoms with E-state index in [4.69, 9.17) is 4.74 Å². The Morgan fingerprint density at radius 1 is 1.36 bits per heavy atom. The van der Waals surface area contributed by atoms with E-state index in [1.807, 2.05) is 38.1 Å². The summed E-state index contributed by atoms with van der Waals surface area (Å²) in [4.78, 5) is 0. The van der Waals surface area contributed by atoms with Gasteiger partial charge in [0.2, 0.25) is 0 Å². The Labute approximate surface area is 75.5 Å². The third kappa shape index (κ3) is 2.93. The molecule has 11 heavy (non-hydrogen) atoms. The van der Waals surface area contributed by atoms with E-state index in [2.05, 4.69) is 15.9 Å². The Kier molecular flexibility index (Phi) is 2.94. The highest BCUT2D eigenvalue weighted by Gasteiger charge is 1.97. The van der Waals surface area contributed by atoms with E-state index in [1.165, 1.54) is 0 Å². The van der Waals surface area contributed by atoms with Gasteiger partial charge < -0.3 is 4.74 Å². The van der Waals surface area contributed by atoms with Crippen molar-refractivity contribution in [1.29, 1.82) is 0 Å². The molecule has 59 valence electrons. The Hall–Kier alpha value is -0.500. The molecule has 0 spiro atoms. The second kappa shape index (κ2) is 3.77. The number of ether oxygens (including phenoxy) is 1. The zero-order valence-electron chi connectivity index (χ0n) is 6.60. The zero-order valence-corrected chi connectivity index (χ0v) is 8.18. The molecule has 0 aliphatic carbocycles. The van der Waals surface area contributed by atoms with Gasteiger partial charge in [0.15, 0.2) is 0 Å². The van der Waals surface area contributed by atoms with Gasteiger partial charge in [0, 0.05) is 4.47 Å². The fourth-order valence-corrected chi connectivity index (χ4v) is 1.14. The quantitative estimate of drug-likeness (QED) is 0.732. The molecule has 0 amide bonds. The van der Waals surface area contributed by atoms with Crippen molar-refractivity contribution in [3.05, 3.63) is 34.8 Å². The van der Waals surface area contributed by atoms with Crippen LogP contribution in [0.3, 0.4) is 0 Å². The van der Waals surface area contributed by atoms with Crippen LogP contribution in [0.4, 0.5) is 0 Å². The molecule has 1 aromatic carbocycles. The molecule has 0 fully saturated rings. The Bertz CT molecular complexity index is 233. The number of hydrogen-bond acceptors (Lipinski definition) is 1. The zero-order chi connectivity index (χ0) is 8.27. The lowest BCUT2D eigenvalue weighted by Gasteiger charge is -2.07. The highest BCUT2D eigenvalue weighted by molar-refractivity contribution is 9.10. The molecule has 0 atom stereocenters. The maximum Gasteiger partial charge on any atom is 0.142 e. The van der Waals surface area contributed by atoms with E-state index >= 15 is 0 Å². The van der Waals surface area contributed by atoms with Crippen LogP contribution < -0.4 is 4.74 Å². The van der Waals surface area contributed by atoms with Gasteiger partial charge in [-0.15, -0.1) is 0 Å². The van der Waals surface area contributed by atoms with Crippen LogP contribution >= 0.6 is 15.9 Å². The monoisotopic (exact) mass is 213 g/mol. The molecule has 1 rings (SSSR count). The average Bonchev–Trinajstić information content (AvgIpc) is 1.85. The molecule has 0 heterocycles. The molecule has 0 unspecified atom stereocenters. The van der Waals surface area contributed by atoms with E-state index in [9.17, 15) is 0 Å². The summed E-state index contributed by atoms with van der Waals surface area (Å²) in [5.41, 5.74) is 0. The Morgan fingerprint density at radius 3 is 2.64 bits per heavy atom. The van der Waals surface area contributed by atoms with Gasteiger partial charge in [-0.25, -0.2) is 0 Å². The first-order valence-corrected chi connectivity index (χ1v) is 4.21. The third-order valence-electron chi connectivity index (χ3n) is 1.12. The molecular weight excluding hydrogens is 204 g/mol.